The van der Waals surface area contributed by atoms with Crippen LogP contribution in [0.1, 0.15) is 27.0 Å². The molecule has 1 aromatic heterocycles. The summed E-state index contributed by atoms with van der Waals surface area (Å²) in [5.41, 5.74) is -1.40. The molecule has 0 unspecified atom stereocenters. The molecule has 0 aromatic carbocycles. The molecule has 2 rings (SSSR count). The normalized spacial score (nSPS) is 27.9. The van der Waals surface area contributed by atoms with Crippen molar-refractivity contribution in [3.05, 3.63) is 22.7 Å². The van der Waals surface area contributed by atoms with Gasteiger partial charge in [-0.3, -0.25) is 9.36 Å². The summed E-state index contributed by atoms with van der Waals surface area (Å²) >= 11 is 0. The molecule has 0 radical (unpaired) electrons. The first-order valence-corrected chi connectivity index (χ1v) is 7.18. The highest BCUT2D eigenvalue weighted by Gasteiger charge is 2.43. The Morgan fingerprint density at radius 2 is 2.04 bits per heavy atom. The van der Waals surface area contributed by atoms with Gasteiger partial charge in [-0.15, -0.1) is 0 Å². The fraction of sp³-hybridized carbons (Fsp3) is 0.643. The number of ether oxygens (including phenoxy) is 1. The zero-order valence-corrected chi connectivity index (χ0v) is 13.1. The van der Waals surface area contributed by atoms with Gasteiger partial charge < -0.3 is 25.4 Å². The third kappa shape index (κ3) is 3.58. The quantitative estimate of drug-likeness (QED) is 0.550. The molecule has 9 nitrogen and oxygen atoms in total. The van der Waals surface area contributed by atoms with Crippen LogP contribution in [0.2, 0.25) is 0 Å². The van der Waals surface area contributed by atoms with Gasteiger partial charge in [-0.1, -0.05) is 20.8 Å². The lowest BCUT2D eigenvalue weighted by atomic mass is 9.96. The van der Waals surface area contributed by atoms with E-state index in [1.165, 1.54) is 12.3 Å². The second-order valence-electron chi connectivity index (χ2n) is 6.44. The van der Waals surface area contributed by atoms with E-state index in [0.717, 1.165) is 4.57 Å². The summed E-state index contributed by atoms with van der Waals surface area (Å²) in [6, 6.07) is 1.39. The van der Waals surface area contributed by atoms with Gasteiger partial charge in [0.2, 0.25) is 5.91 Å². The maximum Gasteiger partial charge on any atom is 0.351 e. The summed E-state index contributed by atoms with van der Waals surface area (Å²) in [5.74, 6) is -0.215. The van der Waals surface area contributed by atoms with Crippen LogP contribution >= 0.6 is 0 Å². The van der Waals surface area contributed by atoms with Gasteiger partial charge >= 0.3 is 5.69 Å². The Balaban J connectivity index is 2.21. The zero-order chi connectivity index (χ0) is 17.4. The smallest absolute Gasteiger partial charge is 0.351 e. The summed E-state index contributed by atoms with van der Waals surface area (Å²) < 4.78 is 6.26. The molecule has 1 aliphatic rings. The Hall–Kier alpha value is -1.81. The largest absolute Gasteiger partial charge is 0.394 e. The topological polar surface area (TPSA) is 134 Å². The number of nitrogens with one attached hydrogen (secondary N) is 1. The number of hydrogen-bond donors (Lipinski definition) is 4. The van der Waals surface area contributed by atoms with E-state index in [-0.39, 0.29) is 11.7 Å². The average Bonchev–Trinajstić information content (AvgIpc) is 2.74. The summed E-state index contributed by atoms with van der Waals surface area (Å²) in [6.07, 6.45) is -3.52. The second-order valence-corrected chi connectivity index (χ2v) is 6.44. The Morgan fingerprint density at radius 3 is 2.52 bits per heavy atom. The second kappa shape index (κ2) is 6.36. The molecule has 1 aliphatic heterocycles. The Labute approximate surface area is 132 Å². The third-order valence-electron chi connectivity index (χ3n) is 3.54. The predicted octanol–water partition coefficient (Wildman–Crippen LogP) is -1.16. The number of hydrogen-bond acceptors (Lipinski definition) is 7. The molecule has 1 amide bonds. The number of carbonyl (C=O) groups excluding carboxylic acids is 1. The standard InChI is InChI=1S/C14H21N3O6/c1-14(2,3)12(21)15-8-4-5-17(13(22)16-8)11-10(20)9(19)7(6-18)23-11/h4-5,7,9-11,18-20H,6H2,1-3H3,(H,15,16,21,22)/t7-,9-,10+,11-/m1/s1. The van der Waals surface area contributed by atoms with Crippen LogP contribution in [0, 0.1) is 5.41 Å². The van der Waals surface area contributed by atoms with E-state index in [0.29, 0.717) is 0 Å². The van der Waals surface area contributed by atoms with Crippen molar-refractivity contribution < 1.29 is 24.9 Å². The van der Waals surface area contributed by atoms with E-state index >= 15 is 0 Å². The van der Waals surface area contributed by atoms with Crippen molar-refractivity contribution in [2.45, 2.75) is 45.3 Å². The van der Waals surface area contributed by atoms with Gasteiger partial charge in [0.25, 0.3) is 0 Å². The number of aliphatic hydroxyl groups is 3. The molecule has 128 valence electrons. The van der Waals surface area contributed by atoms with Crippen molar-refractivity contribution in [2.75, 3.05) is 11.9 Å². The van der Waals surface area contributed by atoms with Crippen molar-refractivity contribution >= 4 is 11.7 Å². The Bertz CT molecular complexity index is 638. The van der Waals surface area contributed by atoms with Crippen molar-refractivity contribution in [1.82, 2.24) is 9.55 Å². The first-order valence-electron chi connectivity index (χ1n) is 7.18. The molecular formula is C14H21N3O6. The minimum Gasteiger partial charge on any atom is -0.394 e. The summed E-state index contributed by atoms with van der Waals surface area (Å²) in [5, 5.41) is 31.2. The number of amides is 1. The van der Waals surface area contributed by atoms with Crippen LogP contribution in [0.3, 0.4) is 0 Å². The lowest BCUT2D eigenvalue weighted by Crippen LogP contribution is -2.36. The van der Waals surface area contributed by atoms with Crippen LogP contribution in [-0.2, 0) is 9.53 Å². The van der Waals surface area contributed by atoms with Crippen LogP contribution < -0.4 is 11.0 Å². The molecule has 1 fully saturated rings. The van der Waals surface area contributed by atoms with Crippen LogP contribution in [-0.4, -0.2) is 55.7 Å². The third-order valence-corrected chi connectivity index (χ3v) is 3.54. The van der Waals surface area contributed by atoms with E-state index in [4.69, 9.17) is 9.84 Å². The minimum atomic E-state index is -1.37. The maximum absolute atomic E-state index is 12.1. The monoisotopic (exact) mass is 327 g/mol. The fourth-order valence-electron chi connectivity index (χ4n) is 2.09. The average molecular weight is 327 g/mol. The van der Waals surface area contributed by atoms with Crippen molar-refractivity contribution in [3.8, 4) is 0 Å². The molecule has 23 heavy (non-hydrogen) atoms. The summed E-state index contributed by atoms with van der Waals surface area (Å²) in [6.45, 7) is 4.69. The predicted molar refractivity (Wildman–Crippen MR) is 79.6 cm³/mol. The van der Waals surface area contributed by atoms with Gasteiger partial charge in [0.05, 0.1) is 6.61 Å². The van der Waals surface area contributed by atoms with E-state index < -0.39 is 42.3 Å². The maximum atomic E-state index is 12.1. The van der Waals surface area contributed by atoms with Gasteiger partial charge in [0.1, 0.15) is 24.1 Å². The molecule has 1 saturated heterocycles. The highest BCUT2D eigenvalue weighted by molar-refractivity contribution is 5.93. The van der Waals surface area contributed by atoms with Crippen molar-refractivity contribution in [1.29, 1.82) is 0 Å². The van der Waals surface area contributed by atoms with E-state index in [1.54, 1.807) is 20.8 Å². The van der Waals surface area contributed by atoms with Crippen molar-refractivity contribution in [3.63, 3.8) is 0 Å². The molecule has 9 heteroatoms. The van der Waals surface area contributed by atoms with Crippen molar-refractivity contribution in [2.24, 2.45) is 5.41 Å². The number of nitrogens with zero attached hydrogens (tertiary/aromatic N) is 2. The number of rotatable bonds is 3. The first kappa shape index (κ1) is 17.5. The Kier molecular flexibility index (Phi) is 4.85. The fourth-order valence-corrected chi connectivity index (χ4v) is 2.09. The molecule has 4 N–H and O–H groups in total. The van der Waals surface area contributed by atoms with Crippen LogP contribution in [0.15, 0.2) is 17.1 Å². The van der Waals surface area contributed by atoms with Gasteiger partial charge in [-0.2, -0.15) is 4.98 Å². The molecule has 0 spiro atoms. The molecule has 1 aromatic rings. The summed E-state index contributed by atoms with van der Waals surface area (Å²) in [7, 11) is 0. The minimum absolute atomic E-state index is 0.0814. The van der Waals surface area contributed by atoms with E-state index in [1.807, 2.05) is 0 Å². The molecule has 0 saturated carbocycles. The van der Waals surface area contributed by atoms with Crippen LogP contribution in [0.4, 0.5) is 5.82 Å². The Morgan fingerprint density at radius 1 is 1.39 bits per heavy atom. The number of aliphatic hydroxyl groups excluding tert-OH is 3. The van der Waals surface area contributed by atoms with E-state index in [2.05, 4.69) is 10.3 Å². The van der Waals surface area contributed by atoms with Crippen LogP contribution in [0.25, 0.3) is 0 Å². The van der Waals surface area contributed by atoms with Gasteiger partial charge in [-0.25, -0.2) is 4.79 Å². The number of carbonyl (C=O) groups is 1. The van der Waals surface area contributed by atoms with Crippen LogP contribution in [0.5, 0.6) is 0 Å². The zero-order valence-electron chi connectivity index (χ0n) is 13.1. The number of aromatic nitrogens is 2. The molecule has 0 bridgehead atoms. The van der Waals surface area contributed by atoms with Gasteiger partial charge in [-0.05, 0) is 6.07 Å². The van der Waals surface area contributed by atoms with Gasteiger partial charge in [0.15, 0.2) is 6.23 Å². The molecular weight excluding hydrogens is 306 g/mol. The highest BCUT2D eigenvalue weighted by atomic mass is 16.6. The first-order chi connectivity index (χ1) is 10.6. The van der Waals surface area contributed by atoms with Gasteiger partial charge in [0, 0.05) is 11.6 Å². The lowest BCUT2D eigenvalue weighted by Gasteiger charge is -2.19. The number of anilines is 1. The molecule has 4 atom stereocenters. The SMILES string of the molecule is CC(C)(C)C(=O)Nc1ccn([C@@H]2O[C@H](CO)[C@@H](O)[C@@H]2O)c(=O)n1. The molecule has 0 aliphatic carbocycles. The lowest BCUT2D eigenvalue weighted by molar-refractivity contribution is -0.123. The highest BCUT2D eigenvalue weighted by Crippen LogP contribution is 2.28. The molecule has 2 heterocycles. The van der Waals surface area contributed by atoms with E-state index in [9.17, 15) is 19.8 Å². The summed E-state index contributed by atoms with van der Waals surface area (Å²) in [4.78, 5) is 27.7.